The van der Waals surface area contributed by atoms with Crippen molar-refractivity contribution >= 4 is 22.7 Å². The van der Waals surface area contributed by atoms with Crippen LogP contribution in [0.25, 0.3) is 11.0 Å². The maximum absolute atomic E-state index is 14.2. The van der Waals surface area contributed by atoms with E-state index in [2.05, 4.69) is 15.4 Å². The summed E-state index contributed by atoms with van der Waals surface area (Å²) in [7, 11) is 1.75. The Balaban J connectivity index is 2.12. The van der Waals surface area contributed by atoms with Crippen LogP contribution in [-0.4, -0.2) is 27.3 Å². The second-order valence-electron chi connectivity index (χ2n) is 6.21. The van der Waals surface area contributed by atoms with Crippen LogP contribution in [0.5, 0.6) is 0 Å². The van der Waals surface area contributed by atoms with E-state index < -0.39 is 23.6 Å². The van der Waals surface area contributed by atoms with Gasteiger partial charge in [0.1, 0.15) is 17.2 Å². The summed E-state index contributed by atoms with van der Waals surface area (Å²) in [6.07, 6.45) is 1.41. The molecule has 0 aliphatic carbocycles. The highest BCUT2D eigenvalue weighted by molar-refractivity contribution is 6.05. The molecule has 0 amide bonds. The van der Waals surface area contributed by atoms with Crippen LogP contribution in [0.3, 0.4) is 0 Å². The van der Waals surface area contributed by atoms with Gasteiger partial charge in [-0.3, -0.25) is 4.68 Å². The number of fused-ring (bicyclic) bond motifs is 1. The first-order valence-electron chi connectivity index (χ1n) is 8.54. The molecule has 142 valence electrons. The summed E-state index contributed by atoms with van der Waals surface area (Å²) in [4.78, 5) is 16.7. The summed E-state index contributed by atoms with van der Waals surface area (Å²) in [5.41, 5.74) is 2.21. The first-order valence-corrected chi connectivity index (χ1v) is 8.54. The summed E-state index contributed by atoms with van der Waals surface area (Å²) < 4.78 is 34.1. The van der Waals surface area contributed by atoms with Gasteiger partial charge in [0.2, 0.25) is 0 Å². The number of rotatable bonds is 5. The molecular formula is C19H20F2N4O2. The molecule has 2 aromatic heterocycles. The number of carbonyl (C=O) groups is 1. The van der Waals surface area contributed by atoms with E-state index in [0.717, 1.165) is 6.07 Å². The number of carbonyl (C=O) groups excluding carboxylic acids is 1. The maximum atomic E-state index is 14.2. The molecule has 0 fully saturated rings. The Morgan fingerprint density at radius 3 is 2.78 bits per heavy atom. The van der Waals surface area contributed by atoms with Crippen LogP contribution in [-0.2, 0) is 11.8 Å². The number of pyridine rings is 1. The van der Waals surface area contributed by atoms with Crippen molar-refractivity contribution in [3.63, 3.8) is 0 Å². The van der Waals surface area contributed by atoms with Gasteiger partial charge in [-0.15, -0.1) is 0 Å². The standard InChI is InChI=1S/C19H20F2N4O2/c1-5-27-19(26)14-9-22-18-16(11(3)24-25(18)4)17(14)23-10(2)13-7-6-12(20)8-15(13)21/h6-10H,5H2,1-4H3,(H,22,23). The van der Waals surface area contributed by atoms with Crippen LogP contribution in [0.1, 0.15) is 41.5 Å². The fourth-order valence-corrected chi connectivity index (χ4v) is 3.07. The van der Waals surface area contributed by atoms with Crippen molar-refractivity contribution in [3.05, 3.63) is 52.9 Å². The van der Waals surface area contributed by atoms with Crippen molar-refractivity contribution < 1.29 is 18.3 Å². The zero-order valence-electron chi connectivity index (χ0n) is 15.5. The predicted molar refractivity (Wildman–Crippen MR) is 97.6 cm³/mol. The molecule has 0 bridgehead atoms. The van der Waals surface area contributed by atoms with Crippen molar-refractivity contribution in [2.75, 3.05) is 11.9 Å². The first-order chi connectivity index (χ1) is 12.8. The summed E-state index contributed by atoms with van der Waals surface area (Å²) in [6.45, 7) is 5.45. The zero-order valence-corrected chi connectivity index (χ0v) is 15.5. The Morgan fingerprint density at radius 2 is 2.11 bits per heavy atom. The third kappa shape index (κ3) is 3.47. The van der Waals surface area contributed by atoms with Gasteiger partial charge in [0.05, 0.1) is 29.4 Å². The number of ether oxygens (including phenoxy) is 1. The molecule has 6 nitrogen and oxygen atoms in total. The molecule has 1 aromatic carbocycles. The molecule has 0 saturated carbocycles. The highest BCUT2D eigenvalue weighted by Gasteiger charge is 2.23. The van der Waals surface area contributed by atoms with E-state index in [1.165, 1.54) is 18.3 Å². The van der Waals surface area contributed by atoms with Crippen molar-refractivity contribution in [2.45, 2.75) is 26.8 Å². The van der Waals surface area contributed by atoms with E-state index in [9.17, 15) is 13.6 Å². The third-order valence-electron chi connectivity index (χ3n) is 4.31. The van der Waals surface area contributed by atoms with Gasteiger partial charge in [-0.05, 0) is 26.8 Å². The molecule has 27 heavy (non-hydrogen) atoms. The van der Waals surface area contributed by atoms with E-state index in [0.29, 0.717) is 22.4 Å². The molecular weight excluding hydrogens is 354 g/mol. The normalized spacial score (nSPS) is 12.2. The Hall–Kier alpha value is -3.03. The van der Waals surface area contributed by atoms with Crippen LogP contribution in [0, 0.1) is 18.6 Å². The number of anilines is 1. The number of halogens is 2. The van der Waals surface area contributed by atoms with Gasteiger partial charge < -0.3 is 10.1 Å². The van der Waals surface area contributed by atoms with Crippen LogP contribution < -0.4 is 5.32 Å². The van der Waals surface area contributed by atoms with Crippen molar-refractivity contribution in [3.8, 4) is 0 Å². The fourth-order valence-electron chi connectivity index (χ4n) is 3.07. The van der Waals surface area contributed by atoms with E-state index in [4.69, 9.17) is 4.74 Å². The molecule has 0 spiro atoms. The van der Waals surface area contributed by atoms with Crippen LogP contribution >= 0.6 is 0 Å². The average molecular weight is 374 g/mol. The lowest BCUT2D eigenvalue weighted by atomic mass is 10.1. The average Bonchev–Trinajstić information content (AvgIpc) is 2.89. The molecule has 3 rings (SSSR count). The highest BCUT2D eigenvalue weighted by Crippen LogP contribution is 2.32. The lowest BCUT2D eigenvalue weighted by molar-refractivity contribution is 0.0527. The summed E-state index contributed by atoms with van der Waals surface area (Å²) in [6, 6.07) is 2.86. The van der Waals surface area contributed by atoms with Crippen LogP contribution in [0.15, 0.2) is 24.4 Å². The Bertz CT molecular complexity index is 1020. The van der Waals surface area contributed by atoms with Gasteiger partial charge in [0.25, 0.3) is 0 Å². The van der Waals surface area contributed by atoms with Crippen LogP contribution in [0.2, 0.25) is 0 Å². The Morgan fingerprint density at radius 1 is 1.37 bits per heavy atom. The van der Waals surface area contributed by atoms with Gasteiger partial charge in [-0.25, -0.2) is 18.6 Å². The number of esters is 1. The lowest BCUT2D eigenvalue weighted by Gasteiger charge is -2.19. The molecule has 0 aliphatic heterocycles. The molecule has 3 aromatic rings. The third-order valence-corrected chi connectivity index (χ3v) is 4.31. The van der Waals surface area contributed by atoms with Crippen molar-refractivity contribution in [2.24, 2.45) is 7.05 Å². The van der Waals surface area contributed by atoms with Gasteiger partial charge in [-0.1, -0.05) is 6.07 Å². The minimum absolute atomic E-state index is 0.213. The van der Waals surface area contributed by atoms with E-state index in [1.807, 2.05) is 0 Å². The number of nitrogens with one attached hydrogen (secondary N) is 1. The monoisotopic (exact) mass is 374 g/mol. The van der Waals surface area contributed by atoms with E-state index >= 15 is 0 Å². The smallest absolute Gasteiger partial charge is 0.341 e. The minimum atomic E-state index is -0.666. The maximum Gasteiger partial charge on any atom is 0.341 e. The summed E-state index contributed by atoms with van der Waals surface area (Å²) >= 11 is 0. The molecule has 8 heteroatoms. The first kappa shape index (κ1) is 18.8. The van der Waals surface area contributed by atoms with Gasteiger partial charge >= 0.3 is 5.97 Å². The zero-order chi connectivity index (χ0) is 19.7. The minimum Gasteiger partial charge on any atom is -0.462 e. The molecule has 2 heterocycles. The molecule has 1 atom stereocenters. The quantitative estimate of drug-likeness (QED) is 0.686. The van der Waals surface area contributed by atoms with Crippen molar-refractivity contribution in [1.29, 1.82) is 0 Å². The highest BCUT2D eigenvalue weighted by atomic mass is 19.1. The van der Waals surface area contributed by atoms with E-state index in [-0.39, 0.29) is 17.7 Å². The number of aryl methyl sites for hydroxylation is 2. The SMILES string of the molecule is CCOC(=O)c1cnc2c(c(C)nn2C)c1NC(C)c1ccc(F)cc1F. The second kappa shape index (κ2) is 7.30. The number of aromatic nitrogens is 3. The van der Waals surface area contributed by atoms with Gasteiger partial charge in [0.15, 0.2) is 5.65 Å². The number of hydrogen-bond donors (Lipinski definition) is 1. The lowest BCUT2D eigenvalue weighted by Crippen LogP contribution is -2.15. The molecule has 0 aliphatic rings. The number of benzene rings is 1. The largest absolute Gasteiger partial charge is 0.462 e. The number of nitrogens with zero attached hydrogens (tertiary/aromatic N) is 3. The van der Waals surface area contributed by atoms with Gasteiger partial charge in [-0.2, -0.15) is 5.10 Å². The topological polar surface area (TPSA) is 69.0 Å². The summed E-state index contributed by atoms with van der Waals surface area (Å²) in [5, 5.41) is 8.16. The number of hydrogen-bond acceptors (Lipinski definition) is 5. The summed E-state index contributed by atoms with van der Waals surface area (Å²) in [5.74, 6) is -1.85. The fraction of sp³-hybridized carbons (Fsp3) is 0.316. The molecule has 1 N–H and O–H groups in total. The van der Waals surface area contributed by atoms with Gasteiger partial charge in [0, 0.05) is 24.9 Å². The second-order valence-corrected chi connectivity index (χ2v) is 6.21. The predicted octanol–water partition coefficient (Wildman–Crippen LogP) is 3.90. The van der Waals surface area contributed by atoms with E-state index in [1.54, 1.807) is 32.5 Å². The van der Waals surface area contributed by atoms with Crippen LogP contribution in [0.4, 0.5) is 14.5 Å². The Labute approximate surface area is 155 Å². The molecule has 1 unspecified atom stereocenters. The molecule has 0 radical (unpaired) electrons. The molecule has 0 saturated heterocycles. The Kier molecular flexibility index (Phi) is 5.07. The van der Waals surface area contributed by atoms with Crippen molar-refractivity contribution in [1.82, 2.24) is 14.8 Å².